The number of benzene rings is 1. The number of carboxylic acids is 1. The van der Waals surface area contributed by atoms with Gasteiger partial charge >= 0.3 is 5.97 Å². The lowest BCUT2D eigenvalue weighted by Gasteiger charge is -2.26. The summed E-state index contributed by atoms with van der Waals surface area (Å²) in [5.41, 5.74) is 0.208. The van der Waals surface area contributed by atoms with E-state index in [1.165, 1.54) is 12.1 Å². The first-order valence-corrected chi connectivity index (χ1v) is 9.64. The van der Waals surface area contributed by atoms with Crippen LogP contribution in [0.25, 0.3) is 0 Å². The molecule has 0 radical (unpaired) electrons. The smallest absolute Gasteiger partial charge is 0.335 e. The molecule has 0 aliphatic carbocycles. The molecule has 1 atom stereocenters. The third-order valence-corrected chi connectivity index (χ3v) is 5.19. The molecule has 0 spiro atoms. The Morgan fingerprint density at radius 1 is 1.12 bits per heavy atom. The first-order valence-electron chi connectivity index (χ1n) is 8.15. The summed E-state index contributed by atoms with van der Waals surface area (Å²) in [6, 6.07) is 6.15. The molecule has 1 fully saturated rings. The van der Waals surface area contributed by atoms with Crippen molar-refractivity contribution in [3.05, 3.63) is 29.8 Å². The molecule has 1 amide bonds. The van der Waals surface area contributed by atoms with Crippen molar-refractivity contribution in [2.45, 2.75) is 25.7 Å². The highest BCUT2D eigenvalue weighted by Crippen LogP contribution is 2.13. The van der Waals surface area contributed by atoms with Crippen LogP contribution in [0.2, 0.25) is 0 Å². The summed E-state index contributed by atoms with van der Waals surface area (Å²) in [7, 11) is -1.17. The van der Waals surface area contributed by atoms with Crippen LogP contribution in [0.3, 0.4) is 0 Å². The molecule has 1 aromatic rings. The quantitative estimate of drug-likeness (QED) is 0.722. The predicted octanol–water partition coefficient (Wildman–Crippen LogP) is 1.91. The Kier molecular flexibility index (Phi) is 7.24. The number of carbonyl (C=O) groups is 2. The number of aromatic carboxylic acids is 1. The summed E-state index contributed by atoms with van der Waals surface area (Å²) >= 11 is 0. The highest BCUT2D eigenvalue weighted by atomic mass is 32.2. The molecule has 132 valence electrons. The van der Waals surface area contributed by atoms with Gasteiger partial charge in [-0.25, -0.2) is 4.79 Å². The van der Waals surface area contributed by atoms with Gasteiger partial charge in [-0.15, -0.1) is 0 Å². The van der Waals surface area contributed by atoms with E-state index in [0.717, 1.165) is 32.4 Å². The van der Waals surface area contributed by atoms with Gasteiger partial charge in [0, 0.05) is 29.6 Å². The number of hydrogen-bond acceptors (Lipinski definition) is 4. The normalized spacial score (nSPS) is 15.8. The molecule has 0 aromatic heterocycles. The summed E-state index contributed by atoms with van der Waals surface area (Å²) in [5.74, 6) is 0.101. The molecule has 1 aliphatic rings. The Hall–Kier alpha value is -1.89. The maximum atomic E-state index is 12.0. The standard InChI is InChI=1S/C17H23NO5S/c19-16(18-9-2-1-3-10-18)13-24(22)12-4-11-23-15-7-5-14(6-8-15)17(20)21/h5-8H,1-4,9-13H2,(H,20,21). The van der Waals surface area contributed by atoms with Crippen molar-refractivity contribution in [2.24, 2.45) is 0 Å². The molecule has 1 heterocycles. The minimum atomic E-state index is -1.17. The van der Waals surface area contributed by atoms with Crippen molar-refractivity contribution in [1.29, 1.82) is 0 Å². The van der Waals surface area contributed by atoms with Gasteiger partial charge in [-0.2, -0.15) is 0 Å². The van der Waals surface area contributed by atoms with Gasteiger partial charge in [0.25, 0.3) is 0 Å². The highest BCUT2D eigenvalue weighted by molar-refractivity contribution is 7.85. The fraction of sp³-hybridized carbons (Fsp3) is 0.529. The number of carboxylic acid groups (broad SMARTS) is 1. The second kappa shape index (κ2) is 9.42. The average Bonchev–Trinajstić information content (AvgIpc) is 2.60. The van der Waals surface area contributed by atoms with E-state index in [4.69, 9.17) is 9.84 Å². The van der Waals surface area contributed by atoms with Crippen molar-refractivity contribution < 1.29 is 23.6 Å². The minimum Gasteiger partial charge on any atom is -0.494 e. The van der Waals surface area contributed by atoms with Gasteiger partial charge in [-0.05, 0) is 49.9 Å². The van der Waals surface area contributed by atoms with Crippen LogP contribution < -0.4 is 4.74 Å². The Balaban J connectivity index is 1.63. The average molecular weight is 353 g/mol. The number of nitrogens with zero attached hydrogens (tertiary/aromatic N) is 1. The molecule has 1 aromatic carbocycles. The van der Waals surface area contributed by atoms with Crippen molar-refractivity contribution in [3.8, 4) is 5.75 Å². The number of hydrogen-bond donors (Lipinski definition) is 1. The van der Waals surface area contributed by atoms with Crippen LogP contribution in [0.4, 0.5) is 0 Å². The van der Waals surface area contributed by atoms with Crippen LogP contribution >= 0.6 is 0 Å². The van der Waals surface area contributed by atoms with Crippen LogP contribution in [-0.2, 0) is 15.6 Å². The predicted molar refractivity (Wildman–Crippen MR) is 91.8 cm³/mol. The first kappa shape index (κ1) is 18.4. The molecule has 1 saturated heterocycles. The van der Waals surface area contributed by atoms with E-state index in [9.17, 15) is 13.8 Å². The van der Waals surface area contributed by atoms with Crippen LogP contribution in [0.15, 0.2) is 24.3 Å². The number of rotatable bonds is 8. The summed E-state index contributed by atoms with van der Waals surface area (Å²) in [5, 5.41) is 8.81. The van der Waals surface area contributed by atoms with E-state index in [-0.39, 0.29) is 17.2 Å². The van der Waals surface area contributed by atoms with Gasteiger partial charge in [-0.1, -0.05) is 0 Å². The molecular formula is C17H23NO5S. The number of carbonyl (C=O) groups excluding carboxylic acids is 1. The van der Waals surface area contributed by atoms with Crippen molar-refractivity contribution >= 4 is 22.7 Å². The fourth-order valence-electron chi connectivity index (χ4n) is 2.55. The Bertz CT molecular complexity index is 581. The molecule has 1 aliphatic heterocycles. The summed E-state index contributed by atoms with van der Waals surface area (Å²) in [6.07, 6.45) is 3.82. The summed E-state index contributed by atoms with van der Waals surface area (Å²) < 4.78 is 17.5. The zero-order chi connectivity index (χ0) is 17.4. The molecule has 1 N–H and O–H groups in total. The topological polar surface area (TPSA) is 83.9 Å². The third-order valence-electron chi connectivity index (χ3n) is 3.88. The zero-order valence-corrected chi connectivity index (χ0v) is 14.4. The molecular weight excluding hydrogens is 330 g/mol. The van der Waals surface area contributed by atoms with Crippen LogP contribution in [0, 0.1) is 0 Å². The maximum absolute atomic E-state index is 12.0. The van der Waals surface area contributed by atoms with Gasteiger partial charge < -0.3 is 14.7 Å². The highest BCUT2D eigenvalue weighted by Gasteiger charge is 2.18. The van der Waals surface area contributed by atoms with E-state index >= 15 is 0 Å². The van der Waals surface area contributed by atoms with Crippen LogP contribution in [-0.4, -0.2) is 57.3 Å². The first-order chi connectivity index (χ1) is 11.6. The summed E-state index contributed by atoms with van der Waals surface area (Å²) in [6.45, 7) is 1.95. The van der Waals surface area contributed by atoms with E-state index in [1.807, 2.05) is 4.90 Å². The van der Waals surface area contributed by atoms with Gasteiger partial charge in [0.15, 0.2) is 0 Å². The Labute approximate surface area is 144 Å². The zero-order valence-electron chi connectivity index (χ0n) is 13.6. The number of piperidine rings is 1. The molecule has 0 bridgehead atoms. The second-order valence-electron chi connectivity index (χ2n) is 5.76. The maximum Gasteiger partial charge on any atom is 0.335 e. The summed E-state index contributed by atoms with van der Waals surface area (Å²) in [4.78, 5) is 24.6. The molecule has 7 heteroatoms. The lowest BCUT2D eigenvalue weighted by atomic mass is 10.1. The SMILES string of the molecule is O=C(O)c1ccc(OCCCS(=O)CC(=O)N2CCCCC2)cc1. The monoisotopic (exact) mass is 353 g/mol. The van der Waals surface area contributed by atoms with Gasteiger partial charge in [0.05, 0.1) is 12.2 Å². The third kappa shape index (κ3) is 5.96. The van der Waals surface area contributed by atoms with Gasteiger partial charge in [0.1, 0.15) is 11.5 Å². The lowest BCUT2D eigenvalue weighted by molar-refractivity contribution is -0.129. The van der Waals surface area contributed by atoms with Gasteiger partial charge in [0.2, 0.25) is 5.91 Å². The van der Waals surface area contributed by atoms with Gasteiger partial charge in [-0.3, -0.25) is 9.00 Å². The van der Waals surface area contributed by atoms with E-state index in [2.05, 4.69) is 0 Å². The van der Waals surface area contributed by atoms with E-state index in [1.54, 1.807) is 12.1 Å². The molecule has 24 heavy (non-hydrogen) atoms. The molecule has 0 saturated carbocycles. The van der Waals surface area contributed by atoms with Crippen molar-refractivity contribution in [3.63, 3.8) is 0 Å². The fourth-order valence-corrected chi connectivity index (χ4v) is 3.59. The van der Waals surface area contributed by atoms with Crippen molar-refractivity contribution in [1.82, 2.24) is 4.90 Å². The van der Waals surface area contributed by atoms with E-state index in [0.29, 0.717) is 24.5 Å². The molecule has 1 unspecified atom stereocenters. The Morgan fingerprint density at radius 3 is 2.42 bits per heavy atom. The van der Waals surface area contributed by atoms with E-state index < -0.39 is 16.8 Å². The number of ether oxygens (including phenoxy) is 1. The molecule has 6 nitrogen and oxygen atoms in total. The van der Waals surface area contributed by atoms with Crippen molar-refractivity contribution in [2.75, 3.05) is 31.2 Å². The molecule has 2 rings (SSSR count). The number of likely N-dealkylation sites (tertiary alicyclic amines) is 1. The van der Waals surface area contributed by atoms with Crippen LogP contribution in [0.5, 0.6) is 5.75 Å². The minimum absolute atomic E-state index is 0.0155. The largest absolute Gasteiger partial charge is 0.494 e. The second-order valence-corrected chi connectivity index (χ2v) is 7.34. The van der Waals surface area contributed by atoms with Crippen LogP contribution in [0.1, 0.15) is 36.0 Å². The lowest BCUT2D eigenvalue weighted by Crippen LogP contribution is -2.38. The Morgan fingerprint density at radius 2 is 1.79 bits per heavy atom. The number of amides is 1.